The molecule has 2 aromatic carbocycles. The first kappa shape index (κ1) is 19.7. The van der Waals surface area contributed by atoms with E-state index in [1.165, 1.54) is 26.8 Å². The van der Waals surface area contributed by atoms with Crippen molar-refractivity contribution >= 4 is 37.3 Å². The first-order valence-electron chi connectivity index (χ1n) is 9.21. The van der Waals surface area contributed by atoms with Crippen molar-refractivity contribution in [2.75, 3.05) is 23.9 Å². The second-order valence-electron chi connectivity index (χ2n) is 7.04. The van der Waals surface area contributed by atoms with Gasteiger partial charge in [-0.25, -0.2) is 16.8 Å². The first-order valence-corrected chi connectivity index (χ1v) is 12.5. The molecule has 0 saturated carbocycles. The minimum Gasteiger partial charge on any atom is -0.266 e. The van der Waals surface area contributed by atoms with Gasteiger partial charge in [0.15, 0.2) is 0 Å². The molecule has 28 heavy (non-hydrogen) atoms. The van der Waals surface area contributed by atoms with Crippen molar-refractivity contribution in [2.24, 2.45) is 0 Å². The van der Waals surface area contributed by atoms with Crippen LogP contribution in [0.15, 0.2) is 52.3 Å². The van der Waals surface area contributed by atoms with Gasteiger partial charge in [-0.1, -0.05) is 18.0 Å². The van der Waals surface area contributed by atoms with Crippen molar-refractivity contribution in [2.45, 2.75) is 35.5 Å². The van der Waals surface area contributed by atoms with E-state index in [0.717, 1.165) is 24.8 Å². The number of rotatable bonds is 4. The number of fused-ring (bicyclic) bond motifs is 1. The van der Waals surface area contributed by atoms with Crippen LogP contribution in [0.25, 0.3) is 0 Å². The molecule has 2 heterocycles. The highest BCUT2D eigenvalue weighted by atomic mass is 35.5. The molecule has 9 heteroatoms. The van der Waals surface area contributed by atoms with Gasteiger partial charge in [-0.2, -0.15) is 4.31 Å². The second-order valence-corrected chi connectivity index (χ2v) is 11.3. The minimum atomic E-state index is -3.72. The zero-order valence-electron chi connectivity index (χ0n) is 15.2. The standard InChI is InChI=1S/C19H21ClN2O4S2/c20-16-4-6-17(7-5-16)28(25,26)22-13-10-15-14-18(8-9-19(15)22)27(23,24)21-11-2-1-3-12-21/h4-9,14H,1-3,10-13H2. The molecular formula is C19H21ClN2O4S2. The summed E-state index contributed by atoms with van der Waals surface area (Å²) in [6.07, 6.45) is 3.27. The van der Waals surface area contributed by atoms with Gasteiger partial charge in [-0.05, 0) is 67.3 Å². The molecule has 0 aliphatic carbocycles. The topological polar surface area (TPSA) is 74.8 Å². The Morgan fingerprint density at radius 2 is 1.39 bits per heavy atom. The number of halogens is 1. The van der Waals surface area contributed by atoms with E-state index in [4.69, 9.17) is 11.6 Å². The minimum absolute atomic E-state index is 0.162. The van der Waals surface area contributed by atoms with Crippen molar-refractivity contribution in [1.82, 2.24) is 4.31 Å². The lowest BCUT2D eigenvalue weighted by molar-refractivity contribution is 0.346. The summed E-state index contributed by atoms with van der Waals surface area (Å²) in [5.41, 5.74) is 1.27. The highest BCUT2D eigenvalue weighted by molar-refractivity contribution is 7.92. The Morgan fingerprint density at radius 3 is 2.07 bits per heavy atom. The molecule has 2 aliphatic rings. The molecule has 2 aliphatic heterocycles. The molecule has 0 aromatic heterocycles. The largest absolute Gasteiger partial charge is 0.266 e. The molecule has 4 rings (SSSR count). The summed E-state index contributed by atoms with van der Waals surface area (Å²) in [6.45, 7) is 1.36. The van der Waals surface area contributed by atoms with Gasteiger partial charge in [0.05, 0.1) is 15.5 Å². The number of sulfonamides is 2. The normalized spacial score (nSPS) is 18.2. The van der Waals surface area contributed by atoms with Crippen LogP contribution in [0.4, 0.5) is 5.69 Å². The van der Waals surface area contributed by atoms with Crippen molar-refractivity contribution in [3.8, 4) is 0 Å². The summed E-state index contributed by atoms with van der Waals surface area (Å²) in [5, 5.41) is 0.466. The Hall–Kier alpha value is -1.61. The number of piperidine rings is 1. The van der Waals surface area contributed by atoms with E-state index in [9.17, 15) is 16.8 Å². The fourth-order valence-corrected chi connectivity index (χ4v) is 6.94. The van der Waals surface area contributed by atoms with Crippen LogP contribution in [0.5, 0.6) is 0 Å². The molecule has 150 valence electrons. The fraction of sp³-hybridized carbons (Fsp3) is 0.368. The number of benzene rings is 2. The van der Waals surface area contributed by atoms with E-state index in [0.29, 0.717) is 30.2 Å². The van der Waals surface area contributed by atoms with E-state index in [-0.39, 0.29) is 16.3 Å². The lowest BCUT2D eigenvalue weighted by atomic mass is 10.2. The predicted octanol–water partition coefficient (Wildman–Crippen LogP) is 3.27. The first-order chi connectivity index (χ1) is 13.3. The van der Waals surface area contributed by atoms with Crippen LogP contribution in [0.3, 0.4) is 0 Å². The van der Waals surface area contributed by atoms with Gasteiger partial charge < -0.3 is 0 Å². The lowest BCUT2D eigenvalue weighted by Gasteiger charge is -2.26. The molecule has 0 spiro atoms. The Bertz CT molecular complexity index is 1090. The SMILES string of the molecule is O=S(=O)(c1ccc2c(c1)CCN2S(=O)(=O)c1ccc(Cl)cc1)N1CCCCC1. The van der Waals surface area contributed by atoms with E-state index in [1.807, 2.05) is 0 Å². The Morgan fingerprint density at radius 1 is 0.750 bits per heavy atom. The quantitative estimate of drug-likeness (QED) is 0.731. The van der Waals surface area contributed by atoms with Crippen LogP contribution < -0.4 is 4.31 Å². The smallest absolute Gasteiger partial charge is 0.264 e. The number of nitrogens with zero attached hydrogens (tertiary/aromatic N) is 2. The average molecular weight is 441 g/mol. The van der Waals surface area contributed by atoms with Crippen LogP contribution >= 0.6 is 11.6 Å². The number of hydrogen-bond acceptors (Lipinski definition) is 4. The van der Waals surface area contributed by atoms with E-state index < -0.39 is 20.0 Å². The van der Waals surface area contributed by atoms with Crippen LogP contribution in [-0.2, 0) is 26.5 Å². The molecule has 0 unspecified atom stereocenters. The zero-order valence-corrected chi connectivity index (χ0v) is 17.6. The van der Waals surface area contributed by atoms with Crippen molar-refractivity contribution < 1.29 is 16.8 Å². The maximum Gasteiger partial charge on any atom is 0.264 e. The molecular weight excluding hydrogens is 420 g/mol. The lowest BCUT2D eigenvalue weighted by Crippen LogP contribution is -2.35. The van der Waals surface area contributed by atoms with E-state index in [1.54, 1.807) is 24.3 Å². The van der Waals surface area contributed by atoms with Gasteiger partial charge in [0.1, 0.15) is 0 Å². The summed E-state index contributed by atoms with van der Waals surface area (Å²) < 4.78 is 54.6. The van der Waals surface area contributed by atoms with Crippen molar-refractivity contribution in [1.29, 1.82) is 0 Å². The third kappa shape index (κ3) is 3.43. The van der Waals surface area contributed by atoms with Crippen LogP contribution in [0.2, 0.25) is 5.02 Å². The molecule has 0 atom stereocenters. The number of anilines is 1. The summed E-state index contributed by atoms with van der Waals surface area (Å²) in [5.74, 6) is 0. The molecule has 2 aromatic rings. The monoisotopic (exact) mass is 440 g/mol. The second kappa shape index (κ2) is 7.33. The summed E-state index contributed by atoms with van der Waals surface area (Å²) in [7, 11) is -7.27. The van der Waals surface area contributed by atoms with Crippen LogP contribution in [-0.4, -0.2) is 40.8 Å². The van der Waals surface area contributed by atoms with E-state index in [2.05, 4.69) is 0 Å². The van der Waals surface area contributed by atoms with Crippen molar-refractivity contribution in [3.63, 3.8) is 0 Å². The maximum absolute atomic E-state index is 13.0. The molecule has 0 radical (unpaired) electrons. The van der Waals surface area contributed by atoms with Gasteiger partial charge in [0, 0.05) is 24.7 Å². The number of hydrogen-bond donors (Lipinski definition) is 0. The molecule has 1 fully saturated rings. The molecule has 0 bridgehead atoms. The predicted molar refractivity (Wildman–Crippen MR) is 109 cm³/mol. The zero-order chi connectivity index (χ0) is 19.9. The Kier molecular flexibility index (Phi) is 5.16. The van der Waals surface area contributed by atoms with E-state index >= 15 is 0 Å². The van der Waals surface area contributed by atoms with Crippen molar-refractivity contribution in [3.05, 3.63) is 53.1 Å². The Balaban J connectivity index is 1.66. The Labute approximate surface area is 170 Å². The highest BCUT2D eigenvalue weighted by Gasteiger charge is 2.33. The molecule has 6 nitrogen and oxygen atoms in total. The van der Waals surface area contributed by atoms with Crippen LogP contribution in [0.1, 0.15) is 24.8 Å². The third-order valence-electron chi connectivity index (χ3n) is 5.26. The van der Waals surface area contributed by atoms with Gasteiger partial charge in [0.2, 0.25) is 10.0 Å². The average Bonchev–Trinajstić information content (AvgIpc) is 3.13. The fourth-order valence-electron chi connectivity index (χ4n) is 3.75. The highest BCUT2D eigenvalue weighted by Crippen LogP contribution is 2.35. The molecule has 0 amide bonds. The summed E-state index contributed by atoms with van der Waals surface area (Å²) in [6, 6.07) is 10.8. The molecule has 0 N–H and O–H groups in total. The maximum atomic E-state index is 13.0. The van der Waals surface area contributed by atoms with Gasteiger partial charge in [0.25, 0.3) is 10.0 Å². The van der Waals surface area contributed by atoms with Gasteiger partial charge >= 0.3 is 0 Å². The van der Waals surface area contributed by atoms with Gasteiger partial charge in [-0.15, -0.1) is 0 Å². The van der Waals surface area contributed by atoms with Crippen LogP contribution in [0, 0.1) is 0 Å². The summed E-state index contributed by atoms with van der Waals surface area (Å²) >= 11 is 5.86. The summed E-state index contributed by atoms with van der Waals surface area (Å²) in [4.78, 5) is 0.397. The third-order valence-corrected chi connectivity index (χ3v) is 9.23. The van der Waals surface area contributed by atoms with Gasteiger partial charge in [-0.3, -0.25) is 4.31 Å². The molecule has 1 saturated heterocycles.